The molecular weight excluding hydrogens is 291 g/mol. The fraction of sp³-hybridized carbons (Fsp3) is 0.286. The molecule has 1 aliphatic heterocycles. The minimum absolute atomic E-state index is 0.156. The van der Waals surface area contributed by atoms with Gasteiger partial charge in [-0.2, -0.15) is 5.10 Å². The van der Waals surface area contributed by atoms with Gasteiger partial charge in [0.1, 0.15) is 12.0 Å². The van der Waals surface area contributed by atoms with Crippen LogP contribution in [0.15, 0.2) is 24.4 Å². The van der Waals surface area contributed by atoms with Crippen LogP contribution in [0.4, 0.5) is 10.1 Å². The molecule has 0 fully saturated rings. The van der Waals surface area contributed by atoms with Gasteiger partial charge in [-0.15, -0.1) is 0 Å². The minimum Gasteiger partial charge on any atom is -0.330 e. The molecule has 3 rings (SSSR count). The van der Waals surface area contributed by atoms with E-state index in [1.807, 2.05) is 0 Å². The predicted octanol–water partition coefficient (Wildman–Crippen LogP) is 2.22. The second kappa shape index (κ2) is 5.21. The molecule has 1 aromatic carbocycles. The maximum absolute atomic E-state index is 13.4. The van der Waals surface area contributed by atoms with Crippen molar-refractivity contribution in [3.63, 3.8) is 0 Å². The number of amides is 1. The van der Waals surface area contributed by atoms with Crippen molar-refractivity contribution in [2.24, 2.45) is 0 Å². The number of nitro groups is 1. The van der Waals surface area contributed by atoms with Crippen LogP contribution in [0.1, 0.15) is 34.6 Å². The molecule has 2 aromatic rings. The third-order valence-corrected chi connectivity index (χ3v) is 3.94. The third kappa shape index (κ3) is 2.22. The Kier molecular flexibility index (Phi) is 3.36. The Morgan fingerprint density at radius 1 is 1.55 bits per heavy atom. The number of rotatable bonds is 2. The molecule has 0 bridgehead atoms. The zero-order chi connectivity index (χ0) is 15.9. The van der Waals surface area contributed by atoms with Crippen molar-refractivity contribution >= 4 is 11.6 Å². The molecule has 2 heterocycles. The Balaban J connectivity index is 1.94. The molecule has 7 nitrogen and oxygen atoms in total. The summed E-state index contributed by atoms with van der Waals surface area (Å²) in [6.45, 7) is 2.19. The first-order chi connectivity index (χ1) is 10.5. The van der Waals surface area contributed by atoms with E-state index in [0.29, 0.717) is 13.0 Å². The van der Waals surface area contributed by atoms with Crippen LogP contribution in [0.5, 0.6) is 0 Å². The predicted molar refractivity (Wildman–Crippen MR) is 74.8 cm³/mol. The molecule has 114 valence electrons. The van der Waals surface area contributed by atoms with Gasteiger partial charge in [-0.3, -0.25) is 20.0 Å². The molecule has 1 aliphatic rings. The summed E-state index contributed by atoms with van der Waals surface area (Å²) < 4.78 is 13.4. The quantitative estimate of drug-likeness (QED) is 0.680. The number of hydrogen-bond acceptors (Lipinski definition) is 4. The molecule has 1 amide bonds. The van der Waals surface area contributed by atoms with Crippen LogP contribution in [-0.4, -0.2) is 32.5 Å². The van der Waals surface area contributed by atoms with Crippen molar-refractivity contribution in [1.82, 2.24) is 15.1 Å². The molecule has 22 heavy (non-hydrogen) atoms. The summed E-state index contributed by atoms with van der Waals surface area (Å²) in [5.74, 6) is -0.876. The number of carbonyl (C=O) groups excluding carboxylic acids is 1. The lowest BCUT2D eigenvalue weighted by atomic mass is 9.93. The second-order valence-corrected chi connectivity index (χ2v) is 5.16. The van der Waals surface area contributed by atoms with E-state index in [-0.39, 0.29) is 23.2 Å². The molecule has 1 atom stereocenters. The Bertz CT molecular complexity index is 758. The summed E-state index contributed by atoms with van der Waals surface area (Å²) in [7, 11) is 0. The first-order valence-corrected chi connectivity index (χ1v) is 6.76. The number of fused-ring (bicyclic) bond motifs is 1. The number of carbonyl (C=O) groups is 1. The van der Waals surface area contributed by atoms with Crippen LogP contribution in [0.25, 0.3) is 0 Å². The number of aromatic amines is 1. The molecule has 0 aliphatic carbocycles. The first-order valence-electron chi connectivity index (χ1n) is 6.76. The molecule has 1 N–H and O–H groups in total. The van der Waals surface area contributed by atoms with E-state index in [4.69, 9.17) is 0 Å². The monoisotopic (exact) mass is 304 g/mol. The molecule has 0 saturated heterocycles. The van der Waals surface area contributed by atoms with Crippen LogP contribution in [0.2, 0.25) is 0 Å². The lowest BCUT2D eigenvalue weighted by molar-refractivity contribution is -0.385. The van der Waals surface area contributed by atoms with Gasteiger partial charge < -0.3 is 4.90 Å². The normalized spacial score (nSPS) is 17.2. The summed E-state index contributed by atoms with van der Waals surface area (Å²) >= 11 is 0. The molecule has 0 radical (unpaired) electrons. The number of hydrogen-bond donors (Lipinski definition) is 1. The average molecular weight is 304 g/mol. The average Bonchev–Trinajstić information content (AvgIpc) is 2.97. The van der Waals surface area contributed by atoms with E-state index in [9.17, 15) is 19.3 Å². The van der Waals surface area contributed by atoms with Crippen LogP contribution in [-0.2, 0) is 6.42 Å². The zero-order valence-electron chi connectivity index (χ0n) is 11.7. The zero-order valence-corrected chi connectivity index (χ0v) is 11.7. The third-order valence-electron chi connectivity index (χ3n) is 3.94. The standard InChI is InChI=1S/C14H13FN4O3/c1-8-11-6-10(15)3-2-9(11)4-5-18(8)14(20)13-12(19(21)22)7-16-17-13/h2-3,6-8H,4-5H2,1H3,(H,16,17)/t8-/m0/s1. The van der Waals surface area contributed by atoms with Gasteiger partial charge in [0, 0.05) is 6.54 Å². The molecule has 0 unspecified atom stereocenters. The minimum atomic E-state index is -0.654. The number of nitrogens with zero attached hydrogens (tertiary/aromatic N) is 3. The van der Waals surface area contributed by atoms with E-state index in [0.717, 1.165) is 17.3 Å². The summed E-state index contributed by atoms with van der Waals surface area (Å²) in [6, 6.07) is 4.14. The summed E-state index contributed by atoms with van der Waals surface area (Å²) in [4.78, 5) is 24.3. The van der Waals surface area contributed by atoms with Crippen LogP contribution in [0.3, 0.4) is 0 Å². The van der Waals surface area contributed by atoms with E-state index in [1.165, 1.54) is 17.0 Å². The summed E-state index contributed by atoms with van der Waals surface area (Å²) in [5.41, 5.74) is 1.19. The van der Waals surface area contributed by atoms with Crippen LogP contribution in [0, 0.1) is 15.9 Å². The highest BCUT2D eigenvalue weighted by Crippen LogP contribution is 2.31. The Hall–Kier alpha value is -2.77. The molecule has 1 aromatic heterocycles. The van der Waals surface area contributed by atoms with Crippen molar-refractivity contribution in [1.29, 1.82) is 0 Å². The largest absolute Gasteiger partial charge is 0.330 e. The maximum atomic E-state index is 13.4. The van der Waals surface area contributed by atoms with Crippen LogP contribution < -0.4 is 0 Å². The van der Waals surface area contributed by atoms with Gasteiger partial charge in [-0.05, 0) is 36.6 Å². The van der Waals surface area contributed by atoms with Gasteiger partial charge in [0.05, 0.1) is 11.0 Å². The Morgan fingerprint density at radius 2 is 2.32 bits per heavy atom. The lowest BCUT2D eigenvalue weighted by Gasteiger charge is -2.34. The number of halogens is 1. The maximum Gasteiger partial charge on any atom is 0.319 e. The van der Waals surface area contributed by atoms with Gasteiger partial charge >= 0.3 is 5.69 Å². The van der Waals surface area contributed by atoms with Crippen molar-refractivity contribution < 1.29 is 14.1 Å². The SMILES string of the molecule is C[C@H]1c2cc(F)ccc2CCN1C(=O)c1[nH]ncc1[N+](=O)[O-]. The van der Waals surface area contributed by atoms with E-state index < -0.39 is 10.8 Å². The van der Waals surface area contributed by atoms with Crippen molar-refractivity contribution in [2.45, 2.75) is 19.4 Å². The van der Waals surface area contributed by atoms with Crippen molar-refractivity contribution in [3.05, 3.63) is 57.1 Å². The van der Waals surface area contributed by atoms with Gasteiger partial charge in [0.2, 0.25) is 5.69 Å². The lowest BCUT2D eigenvalue weighted by Crippen LogP contribution is -2.39. The van der Waals surface area contributed by atoms with E-state index >= 15 is 0 Å². The van der Waals surface area contributed by atoms with Crippen molar-refractivity contribution in [2.75, 3.05) is 6.54 Å². The molecule has 8 heteroatoms. The highest BCUT2D eigenvalue weighted by molar-refractivity contribution is 5.96. The van der Waals surface area contributed by atoms with Gasteiger partial charge in [0.25, 0.3) is 5.91 Å². The molecule has 0 spiro atoms. The van der Waals surface area contributed by atoms with Gasteiger partial charge in [-0.1, -0.05) is 6.07 Å². The molecule has 0 saturated carbocycles. The van der Waals surface area contributed by atoms with E-state index in [1.54, 1.807) is 13.0 Å². The fourth-order valence-corrected chi connectivity index (χ4v) is 2.78. The van der Waals surface area contributed by atoms with Crippen molar-refractivity contribution in [3.8, 4) is 0 Å². The van der Waals surface area contributed by atoms with Gasteiger partial charge in [0.15, 0.2) is 0 Å². The van der Waals surface area contributed by atoms with Crippen LogP contribution >= 0.6 is 0 Å². The van der Waals surface area contributed by atoms with Gasteiger partial charge in [-0.25, -0.2) is 4.39 Å². The Labute approximate surface area is 124 Å². The highest BCUT2D eigenvalue weighted by Gasteiger charge is 2.33. The summed E-state index contributed by atoms with van der Waals surface area (Å²) in [5, 5.41) is 16.9. The smallest absolute Gasteiger partial charge is 0.319 e. The highest BCUT2D eigenvalue weighted by atomic mass is 19.1. The number of aromatic nitrogens is 2. The second-order valence-electron chi connectivity index (χ2n) is 5.16. The van der Waals surface area contributed by atoms with E-state index in [2.05, 4.69) is 10.2 Å². The molecular formula is C14H13FN4O3. The first kappa shape index (κ1) is 14.2. The fourth-order valence-electron chi connectivity index (χ4n) is 2.78. The number of nitrogens with one attached hydrogen (secondary N) is 1. The topological polar surface area (TPSA) is 92.1 Å². The number of H-pyrrole nitrogens is 1. The summed E-state index contributed by atoms with van der Waals surface area (Å²) in [6.07, 6.45) is 1.59. The Morgan fingerprint density at radius 3 is 3.05 bits per heavy atom. The number of benzene rings is 1.